The molecule has 0 aromatic carbocycles. The highest BCUT2D eigenvalue weighted by Crippen LogP contribution is 2.24. The standard InChI is InChI=1S/C15H31N3/c1-2-8-16-9-5-10-17-11-13-18(14-12-17)15-6-3-4-7-15/h15-16H,2-14H2,1H3. The molecule has 0 aromatic heterocycles. The highest BCUT2D eigenvalue weighted by Gasteiger charge is 2.25. The van der Waals surface area contributed by atoms with Crippen molar-refractivity contribution in [1.29, 1.82) is 0 Å². The highest BCUT2D eigenvalue weighted by atomic mass is 15.3. The average Bonchev–Trinajstić information content (AvgIpc) is 2.93. The lowest BCUT2D eigenvalue weighted by atomic mass is 10.2. The van der Waals surface area contributed by atoms with E-state index in [1.54, 1.807) is 0 Å². The van der Waals surface area contributed by atoms with Crippen molar-refractivity contribution in [2.75, 3.05) is 45.8 Å². The Bertz CT molecular complexity index is 206. The van der Waals surface area contributed by atoms with Crippen LogP contribution in [0.5, 0.6) is 0 Å². The minimum absolute atomic E-state index is 0.929. The van der Waals surface area contributed by atoms with Crippen LogP contribution in [0.1, 0.15) is 45.4 Å². The van der Waals surface area contributed by atoms with Crippen molar-refractivity contribution < 1.29 is 0 Å². The Morgan fingerprint density at radius 1 is 1.00 bits per heavy atom. The Balaban J connectivity index is 1.53. The van der Waals surface area contributed by atoms with Crippen molar-refractivity contribution in [3.63, 3.8) is 0 Å². The first-order valence-corrected chi connectivity index (χ1v) is 8.07. The van der Waals surface area contributed by atoms with Gasteiger partial charge >= 0.3 is 0 Å². The second-order valence-corrected chi connectivity index (χ2v) is 5.92. The molecule has 3 nitrogen and oxygen atoms in total. The summed E-state index contributed by atoms with van der Waals surface area (Å²) in [5, 5.41) is 3.49. The molecule has 2 aliphatic rings. The molecule has 18 heavy (non-hydrogen) atoms. The van der Waals surface area contributed by atoms with Gasteiger partial charge in [-0.2, -0.15) is 0 Å². The molecule has 1 N–H and O–H groups in total. The van der Waals surface area contributed by atoms with Crippen LogP contribution < -0.4 is 5.32 Å². The number of nitrogens with zero attached hydrogens (tertiary/aromatic N) is 2. The molecule has 3 heteroatoms. The lowest BCUT2D eigenvalue weighted by Crippen LogP contribution is -2.50. The molecule has 1 heterocycles. The van der Waals surface area contributed by atoms with Gasteiger partial charge < -0.3 is 10.2 Å². The summed E-state index contributed by atoms with van der Waals surface area (Å²) < 4.78 is 0. The summed E-state index contributed by atoms with van der Waals surface area (Å²) in [6.45, 7) is 11.1. The fourth-order valence-corrected chi connectivity index (χ4v) is 3.35. The molecule has 1 aliphatic carbocycles. The summed E-state index contributed by atoms with van der Waals surface area (Å²) in [7, 11) is 0. The van der Waals surface area contributed by atoms with Crippen LogP contribution in [0.2, 0.25) is 0 Å². The highest BCUT2D eigenvalue weighted by molar-refractivity contribution is 4.81. The van der Waals surface area contributed by atoms with Crippen molar-refractivity contribution in [3.05, 3.63) is 0 Å². The van der Waals surface area contributed by atoms with E-state index in [0.29, 0.717) is 0 Å². The molecule has 1 aliphatic heterocycles. The van der Waals surface area contributed by atoms with Crippen LogP contribution in [0.25, 0.3) is 0 Å². The molecule has 2 fully saturated rings. The van der Waals surface area contributed by atoms with Crippen LogP contribution in [0.4, 0.5) is 0 Å². The van der Waals surface area contributed by atoms with Gasteiger partial charge in [0.05, 0.1) is 0 Å². The molecule has 0 spiro atoms. The summed E-state index contributed by atoms with van der Waals surface area (Å²) in [6.07, 6.45) is 8.41. The minimum Gasteiger partial charge on any atom is -0.317 e. The zero-order valence-corrected chi connectivity index (χ0v) is 12.2. The predicted molar refractivity (Wildman–Crippen MR) is 78.0 cm³/mol. The normalized spacial score (nSPS) is 23.8. The van der Waals surface area contributed by atoms with Crippen LogP contribution >= 0.6 is 0 Å². The van der Waals surface area contributed by atoms with Gasteiger partial charge in [-0.3, -0.25) is 4.90 Å². The van der Waals surface area contributed by atoms with E-state index in [9.17, 15) is 0 Å². The molecule has 0 amide bonds. The van der Waals surface area contributed by atoms with Crippen LogP contribution in [0.3, 0.4) is 0 Å². The van der Waals surface area contributed by atoms with Gasteiger partial charge in [-0.1, -0.05) is 19.8 Å². The Morgan fingerprint density at radius 3 is 2.39 bits per heavy atom. The van der Waals surface area contributed by atoms with Crippen LogP contribution in [0, 0.1) is 0 Å². The van der Waals surface area contributed by atoms with Crippen LogP contribution in [0.15, 0.2) is 0 Å². The monoisotopic (exact) mass is 253 g/mol. The smallest absolute Gasteiger partial charge is 0.0113 e. The summed E-state index contributed by atoms with van der Waals surface area (Å²) in [6, 6.07) is 0.929. The minimum atomic E-state index is 0.929. The third-order valence-corrected chi connectivity index (χ3v) is 4.50. The van der Waals surface area contributed by atoms with Crippen molar-refractivity contribution >= 4 is 0 Å². The molecule has 1 saturated heterocycles. The number of nitrogens with one attached hydrogen (secondary N) is 1. The molecule has 0 radical (unpaired) electrons. The van der Waals surface area contributed by atoms with Crippen molar-refractivity contribution in [2.24, 2.45) is 0 Å². The van der Waals surface area contributed by atoms with Crippen LogP contribution in [-0.4, -0.2) is 61.7 Å². The fourth-order valence-electron chi connectivity index (χ4n) is 3.35. The van der Waals surface area contributed by atoms with Crippen LogP contribution in [-0.2, 0) is 0 Å². The summed E-state index contributed by atoms with van der Waals surface area (Å²) in [5.74, 6) is 0. The van der Waals surface area contributed by atoms with Crippen molar-refractivity contribution in [1.82, 2.24) is 15.1 Å². The fraction of sp³-hybridized carbons (Fsp3) is 1.00. The molecule has 1 saturated carbocycles. The molecular formula is C15H31N3. The molecule has 2 rings (SSSR count). The maximum Gasteiger partial charge on any atom is 0.0113 e. The van der Waals surface area contributed by atoms with Gasteiger partial charge in [0.2, 0.25) is 0 Å². The second-order valence-electron chi connectivity index (χ2n) is 5.92. The van der Waals surface area contributed by atoms with E-state index in [0.717, 1.165) is 6.04 Å². The Kier molecular flexibility index (Phi) is 6.46. The van der Waals surface area contributed by atoms with Gasteiger partial charge in [0.1, 0.15) is 0 Å². The van der Waals surface area contributed by atoms with Crippen molar-refractivity contribution in [3.8, 4) is 0 Å². The zero-order chi connectivity index (χ0) is 12.6. The molecular weight excluding hydrogens is 222 g/mol. The quantitative estimate of drug-likeness (QED) is 0.700. The Morgan fingerprint density at radius 2 is 1.72 bits per heavy atom. The van der Waals surface area contributed by atoms with Crippen molar-refractivity contribution in [2.45, 2.75) is 51.5 Å². The average molecular weight is 253 g/mol. The third kappa shape index (κ3) is 4.52. The van der Waals surface area contributed by atoms with E-state index < -0.39 is 0 Å². The molecule has 0 bridgehead atoms. The maximum absolute atomic E-state index is 3.49. The lowest BCUT2D eigenvalue weighted by Gasteiger charge is -2.38. The molecule has 0 aromatic rings. The number of piperazine rings is 1. The number of rotatable bonds is 7. The second kappa shape index (κ2) is 8.13. The molecule has 0 atom stereocenters. The topological polar surface area (TPSA) is 18.5 Å². The van der Waals surface area contributed by atoms with E-state index in [-0.39, 0.29) is 0 Å². The predicted octanol–water partition coefficient (Wildman–Crippen LogP) is 1.94. The van der Waals surface area contributed by atoms with E-state index in [1.807, 2.05) is 0 Å². The van der Waals surface area contributed by atoms with Gasteiger partial charge in [0.15, 0.2) is 0 Å². The summed E-state index contributed by atoms with van der Waals surface area (Å²) in [5.41, 5.74) is 0. The van der Waals surface area contributed by atoms with Gasteiger partial charge in [-0.25, -0.2) is 0 Å². The largest absolute Gasteiger partial charge is 0.317 e. The van der Waals surface area contributed by atoms with Gasteiger partial charge in [-0.05, 0) is 45.3 Å². The summed E-state index contributed by atoms with van der Waals surface area (Å²) >= 11 is 0. The molecule has 106 valence electrons. The number of hydrogen-bond donors (Lipinski definition) is 1. The first kappa shape index (κ1) is 14.3. The SMILES string of the molecule is CCCNCCCN1CCN(C2CCCC2)CC1. The Hall–Kier alpha value is -0.120. The van der Waals surface area contributed by atoms with E-state index in [1.165, 1.54) is 84.3 Å². The zero-order valence-electron chi connectivity index (χ0n) is 12.2. The first-order chi connectivity index (χ1) is 8.90. The first-order valence-electron chi connectivity index (χ1n) is 8.07. The van der Waals surface area contributed by atoms with Gasteiger partial charge in [-0.15, -0.1) is 0 Å². The van der Waals surface area contributed by atoms with Gasteiger partial charge in [0, 0.05) is 32.2 Å². The van der Waals surface area contributed by atoms with E-state index in [2.05, 4.69) is 22.0 Å². The molecule has 0 unspecified atom stereocenters. The summed E-state index contributed by atoms with van der Waals surface area (Å²) in [4.78, 5) is 5.40. The third-order valence-electron chi connectivity index (χ3n) is 4.50. The van der Waals surface area contributed by atoms with E-state index >= 15 is 0 Å². The van der Waals surface area contributed by atoms with Gasteiger partial charge in [0.25, 0.3) is 0 Å². The van der Waals surface area contributed by atoms with E-state index in [4.69, 9.17) is 0 Å². The Labute approximate surface area is 113 Å². The maximum atomic E-state index is 3.49. The lowest BCUT2D eigenvalue weighted by molar-refractivity contribution is 0.0972. The number of hydrogen-bond acceptors (Lipinski definition) is 3.